The van der Waals surface area contributed by atoms with Crippen LogP contribution >= 0.6 is 23.3 Å². The van der Waals surface area contributed by atoms with Crippen molar-refractivity contribution >= 4 is 34.8 Å². The van der Waals surface area contributed by atoms with Crippen molar-refractivity contribution in [1.29, 1.82) is 0 Å². The van der Waals surface area contributed by atoms with Crippen LogP contribution in [-0.4, -0.2) is 10.2 Å². The van der Waals surface area contributed by atoms with E-state index in [1.165, 1.54) is 11.5 Å². The molecule has 2 aromatic rings. The highest BCUT2D eigenvalue weighted by Crippen LogP contribution is 2.10. The molecular weight excluding hydrogens is 230 g/mol. The number of aromatic nitrogens is 1. The summed E-state index contributed by atoms with van der Waals surface area (Å²) in [6.45, 7) is 0. The molecule has 0 aliphatic heterocycles. The summed E-state index contributed by atoms with van der Waals surface area (Å²) in [5, 5.41) is 5.00. The van der Waals surface area contributed by atoms with E-state index < -0.39 is 0 Å². The zero-order valence-corrected chi connectivity index (χ0v) is 9.29. The van der Waals surface area contributed by atoms with Gasteiger partial charge in [0.25, 0.3) is 0 Å². The monoisotopic (exact) mass is 237 g/mol. The number of nitrogens with zero attached hydrogens (tertiary/aromatic N) is 2. The van der Waals surface area contributed by atoms with Gasteiger partial charge in [-0.1, -0.05) is 18.2 Å². The quantitative estimate of drug-likeness (QED) is 0.644. The molecule has 0 saturated heterocycles. The first-order chi connectivity index (χ1) is 7.40. The Morgan fingerprint density at radius 3 is 2.73 bits per heavy atom. The lowest BCUT2D eigenvalue weighted by Crippen LogP contribution is -2.11. The van der Waals surface area contributed by atoms with Crippen molar-refractivity contribution in [3.05, 3.63) is 47.5 Å². The smallest absolute Gasteiger partial charge is 0.154 e. The Kier molecular flexibility index (Phi) is 3.32. The molecule has 1 N–H and O–H groups in total. The average Bonchev–Trinajstić information content (AvgIpc) is 2.81. The summed E-state index contributed by atoms with van der Waals surface area (Å²) in [5.74, 6) is 0.608. The van der Waals surface area contributed by atoms with Gasteiger partial charge in [-0.3, -0.25) is 0 Å². The molecule has 0 bridgehead atoms. The minimum Gasteiger partial charge on any atom is -0.339 e. The van der Waals surface area contributed by atoms with Crippen LogP contribution in [0.2, 0.25) is 0 Å². The summed E-state index contributed by atoms with van der Waals surface area (Å²) in [5.41, 5.74) is 1.84. The summed E-state index contributed by atoms with van der Waals surface area (Å²) >= 11 is 6.88. The molecule has 2 rings (SSSR count). The van der Waals surface area contributed by atoms with E-state index in [1.807, 2.05) is 35.7 Å². The zero-order chi connectivity index (χ0) is 10.5. The molecule has 0 atom stereocenters. The maximum absolute atomic E-state index is 5.51. The van der Waals surface area contributed by atoms with Crippen LogP contribution in [0.4, 0.5) is 5.69 Å². The lowest BCUT2D eigenvalue weighted by Gasteiger charge is -2.05. The third-order valence-corrected chi connectivity index (χ3v) is 2.58. The molecule has 0 spiro atoms. The number of benzene rings is 1. The van der Waals surface area contributed by atoms with Gasteiger partial charge in [0.2, 0.25) is 0 Å². The molecule has 76 valence electrons. The van der Waals surface area contributed by atoms with Gasteiger partial charge in [-0.2, -0.15) is 4.51 Å². The molecule has 0 radical (unpaired) electrons. The Bertz CT molecular complexity index is 439. The summed E-state index contributed by atoms with van der Waals surface area (Å²) in [7, 11) is 0. The van der Waals surface area contributed by atoms with E-state index in [0.717, 1.165) is 11.3 Å². The van der Waals surface area contributed by atoms with Crippen LogP contribution in [0.1, 0.15) is 5.56 Å². The number of hydrogen-bond donors (Lipinski definition) is 1. The number of amidine groups is 1. The van der Waals surface area contributed by atoms with Crippen molar-refractivity contribution in [2.75, 3.05) is 5.32 Å². The molecule has 0 aliphatic carbocycles. The Balaban J connectivity index is 2.18. The third kappa shape index (κ3) is 2.55. The molecule has 0 unspecified atom stereocenters. The molecule has 1 aromatic heterocycles. The average molecular weight is 238 g/mol. The molecule has 0 aliphatic rings. The van der Waals surface area contributed by atoms with Gasteiger partial charge in [-0.15, -0.1) is 0 Å². The highest BCUT2D eigenvalue weighted by molar-refractivity contribution is 7.03. The first-order valence-corrected chi connectivity index (χ1v) is 5.48. The van der Waals surface area contributed by atoms with Gasteiger partial charge in [0.15, 0.2) is 5.84 Å². The van der Waals surface area contributed by atoms with Crippen LogP contribution in [0.3, 0.4) is 0 Å². The van der Waals surface area contributed by atoms with E-state index in [9.17, 15) is 0 Å². The normalized spacial score (nSPS) is 11.4. The third-order valence-electron chi connectivity index (χ3n) is 1.83. The SMILES string of the molecule is ClN=C(Nc1ccccc1)c1cnsc1. The second-order valence-corrected chi connectivity index (χ2v) is 3.66. The van der Waals surface area contributed by atoms with Gasteiger partial charge in [-0.05, 0) is 23.7 Å². The van der Waals surface area contributed by atoms with E-state index in [2.05, 4.69) is 14.2 Å². The molecule has 1 heterocycles. The number of nitrogens with one attached hydrogen (secondary N) is 1. The van der Waals surface area contributed by atoms with E-state index in [4.69, 9.17) is 11.8 Å². The van der Waals surface area contributed by atoms with Gasteiger partial charge >= 0.3 is 0 Å². The van der Waals surface area contributed by atoms with Crippen molar-refractivity contribution < 1.29 is 0 Å². The van der Waals surface area contributed by atoms with E-state index >= 15 is 0 Å². The van der Waals surface area contributed by atoms with Crippen LogP contribution in [0.5, 0.6) is 0 Å². The molecule has 3 nitrogen and oxygen atoms in total. The summed E-state index contributed by atoms with van der Waals surface area (Å²) in [6, 6.07) is 9.73. The van der Waals surface area contributed by atoms with Crippen LogP contribution in [-0.2, 0) is 0 Å². The Hall–Kier alpha value is -1.39. The fourth-order valence-electron chi connectivity index (χ4n) is 1.12. The summed E-state index contributed by atoms with van der Waals surface area (Å²) in [6.07, 6.45) is 1.72. The highest BCUT2D eigenvalue weighted by atomic mass is 35.5. The van der Waals surface area contributed by atoms with E-state index in [1.54, 1.807) is 6.20 Å². The van der Waals surface area contributed by atoms with Crippen molar-refractivity contribution in [2.24, 2.45) is 4.51 Å². The molecule has 0 fully saturated rings. The predicted molar refractivity (Wildman–Crippen MR) is 64.6 cm³/mol. The standard InChI is InChI=1S/C10H8ClN3S/c11-14-10(8-6-12-15-7-8)13-9-4-2-1-3-5-9/h1-7H,(H,13,14). The molecule has 1 aromatic carbocycles. The number of hydrogen-bond acceptors (Lipinski definition) is 3. The van der Waals surface area contributed by atoms with Crippen molar-refractivity contribution in [1.82, 2.24) is 4.37 Å². The maximum atomic E-state index is 5.51. The first kappa shape index (κ1) is 10.1. The van der Waals surface area contributed by atoms with Gasteiger partial charge < -0.3 is 5.32 Å². The van der Waals surface area contributed by atoms with Gasteiger partial charge in [0.05, 0.1) is 6.20 Å². The Morgan fingerprint density at radius 2 is 2.13 bits per heavy atom. The second kappa shape index (κ2) is 4.91. The first-order valence-electron chi connectivity index (χ1n) is 4.31. The predicted octanol–water partition coefficient (Wildman–Crippen LogP) is 3.16. The Labute approximate surface area is 96.7 Å². The number of rotatable bonds is 2. The van der Waals surface area contributed by atoms with Gasteiger partial charge in [-0.25, -0.2) is 4.37 Å². The molecular formula is C10H8ClN3S. The van der Waals surface area contributed by atoms with E-state index in [0.29, 0.717) is 5.84 Å². The topological polar surface area (TPSA) is 37.3 Å². The number of halogens is 1. The maximum Gasteiger partial charge on any atom is 0.154 e. The lowest BCUT2D eigenvalue weighted by molar-refractivity contribution is 1.53. The van der Waals surface area contributed by atoms with E-state index in [-0.39, 0.29) is 0 Å². The Morgan fingerprint density at radius 1 is 1.33 bits per heavy atom. The van der Waals surface area contributed by atoms with Crippen molar-refractivity contribution in [2.45, 2.75) is 0 Å². The molecule has 0 saturated carbocycles. The largest absolute Gasteiger partial charge is 0.339 e. The fourth-order valence-corrected chi connectivity index (χ4v) is 1.78. The van der Waals surface area contributed by atoms with Crippen molar-refractivity contribution in [3.8, 4) is 0 Å². The van der Waals surface area contributed by atoms with Gasteiger partial charge in [0, 0.05) is 28.4 Å². The number of anilines is 1. The van der Waals surface area contributed by atoms with Gasteiger partial charge in [0.1, 0.15) is 0 Å². The van der Waals surface area contributed by atoms with Crippen LogP contribution in [0, 0.1) is 0 Å². The highest BCUT2D eigenvalue weighted by Gasteiger charge is 2.04. The fraction of sp³-hybridized carbons (Fsp3) is 0. The molecule has 5 heteroatoms. The van der Waals surface area contributed by atoms with Crippen LogP contribution < -0.4 is 5.32 Å². The number of para-hydroxylation sites is 1. The molecule has 15 heavy (non-hydrogen) atoms. The summed E-state index contributed by atoms with van der Waals surface area (Å²) < 4.78 is 7.67. The van der Waals surface area contributed by atoms with Crippen molar-refractivity contribution in [3.63, 3.8) is 0 Å². The van der Waals surface area contributed by atoms with Crippen LogP contribution in [0.25, 0.3) is 0 Å². The zero-order valence-electron chi connectivity index (χ0n) is 7.72. The summed E-state index contributed by atoms with van der Waals surface area (Å²) in [4.78, 5) is 0. The minimum absolute atomic E-state index is 0.608. The van der Waals surface area contributed by atoms with Crippen LogP contribution in [0.15, 0.2) is 46.4 Å². The second-order valence-electron chi connectivity index (χ2n) is 2.84. The minimum atomic E-state index is 0.608. The molecule has 0 amide bonds. The lowest BCUT2D eigenvalue weighted by atomic mass is 10.3.